The van der Waals surface area contributed by atoms with Crippen LogP contribution in [0.2, 0.25) is 6.32 Å². The van der Waals surface area contributed by atoms with E-state index in [-0.39, 0.29) is 0 Å². The van der Waals surface area contributed by atoms with Crippen molar-refractivity contribution >= 4 is 19.8 Å². The molecule has 0 aliphatic heterocycles. The Morgan fingerprint density at radius 2 is 2.14 bits per heavy atom. The van der Waals surface area contributed by atoms with Crippen LogP contribution >= 0.6 is 0 Å². The molecule has 37 valence electrons. The van der Waals surface area contributed by atoms with E-state index in [0.29, 0.717) is 18.9 Å². The van der Waals surface area contributed by atoms with Gasteiger partial charge in [0.2, 0.25) is 0 Å². The molecule has 0 rings (SSSR count). The van der Waals surface area contributed by atoms with Gasteiger partial charge in [-0.3, -0.25) is 0 Å². The number of carbonyl (C=O) groups excluding carboxylic acids is 2. The molecule has 0 aromatic rings. The lowest BCUT2D eigenvalue weighted by Gasteiger charge is -1.76. The monoisotopic (exact) mass is 97.0 g/mol. The Bertz CT molecular complexity index is 54.7. The van der Waals surface area contributed by atoms with E-state index < -0.39 is 0 Å². The average molecular weight is 96.9 g/mol. The summed E-state index contributed by atoms with van der Waals surface area (Å²) in [4.78, 5) is 19.1. The van der Waals surface area contributed by atoms with Gasteiger partial charge in [-0.15, -0.1) is 0 Å². The minimum Gasteiger partial charge on any atom is -0.316 e. The first-order chi connectivity index (χ1) is 3.41. The van der Waals surface area contributed by atoms with E-state index in [2.05, 4.69) is 0 Å². The smallest absolute Gasteiger partial charge is 0.198 e. The second-order valence-electron chi connectivity index (χ2n) is 1.12. The van der Waals surface area contributed by atoms with E-state index in [0.717, 1.165) is 6.29 Å². The zero-order valence-electron chi connectivity index (χ0n) is 3.96. The lowest BCUT2D eigenvalue weighted by Crippen LogP contribution is -1.89. The number of carbonyl (C=O) groups is 2. The van der Waals surface area contributed by atoms with Crippen molar-refractivity contribution in [2.45, 2.75) is 12.7 Å². The zero-order chi connectivity index (χ0) is 5.54. The molecule has 0 saturated heterocycles. The molecule has 0 amide bonds. The number of rotatable bonds is 4. The molecule has 2 nitrogen and oxygen atoms in total. The van der Waals surface area contributed by atoms with Crippen LogP contribution in [-0.2, 0) is 9.59 Å². The molecule has 0 saturated carbocycles. The molecule has 0 aromatic heterocycles. The third-order valence-corrected chi connectivity index (χ3v) is 0.547. The van der Waals surface area contributed by atoms with Gasteiger partial charge in [0.1, 0.15) is 6.29 Å². The quantitative estimate of drug-likeness (QED) is 0.278. The standard InChI is InChI=1S/C4H6BO2/c6-3-1-2-5-4-7/h3-4H,1-2H2. The van der Waals surface area contributed by atoms with Gasteiger partial charge in [-0.05, 0) is 6.42 Å². The Kier molecular flexibility index (Phi) is 4.95. The van der Waals surface area contributed by atoms with Crippen molar-refractivity contribution in [1.82, 2.24) is 0 Å². The van der Waals surface area contributed by atoms with E-state index in [1.165, 1.54) is 7.28 Å². The van der Waals surface area contributed by atoms with Gasteiger partial charge in [0, 0.05) is 0 Å². The lowest BCUT2D eigenvalue weighted by atomic mass is 9.76. The van der Waals surface area contributed by atoms with Crippen molar-refractivity contribution in [3.63, 3.8) is 0 Å². The highest BCUT2D eigenvalue weighted by atomic mass is 16.1. The fourth-order valence-electron chi connectivity index (χ4n) is 0.232. The summed E-state index contributed by atoms with van der Waals surface area (Å²) in [7, 11) is 1.42. The molecule has 0 unspecified atom stereocenters. The number of hydrogen-bond donors (Lipinski definition) is 0. The fourth-order valence-corrected chi connectivity index (χ4v) is 0.232. The lowest BCUT2D eigenvalue weighted by molar-refractivity contribution is -0.107. The first-order valence-electron chi connectivity index (χ1n) is 2.12. The van der Waals surface area contributed by atoms with Crippen LogP contribution in [0.3, 0.4) is 0 Å². The van der Waals surface area contributed by atoms with Gasteiger partial charge < -0.3 is 9.59 Å². The van der Waals surface area contributed by atoms with Crippen LogP contribution < -0.4 is 0 Å². The van der Waals surface area contributed by atoms with E-state index in [4.69, 9.17) is 0 Å². The average Bonchev–Trinajstić information content (AvgIpc) is 1.69. The summed E-state index contributed by atoms with van der Waals surface area (Å²) in [6.07, 6.45) is 2.52. The molecule has 0 atom stereocenters. The minimum atomic E-state index is 0.457. The molecular weight excluding hydrogens is 90.9 g/mol. The summed E-state index contributed by atoms with van der Waals surface area (Å²) in [5.41, 5.74) is 0. The summed E-state index contributed by atoms with van der Waals surface area (Å²) < 4.78 is 0. The van der Waals surface area contributed by atoms with Crippen LogP contribution in [0, 0.1) is 0 Å². The highest BCUT2D eigenvalue weighted by Gasteiger charge is 1.83. The van der Waals surface area contributed by atoms with Crippen molar-refractivity contribution in [3.8, 4) is 0 Å². The van der Waals surface area contributed by atoms with Crippen molar-refractivity contribution in [3.05, 3.63) is 0 Å². The predicted molar refractivity (Wildman–Crippen MR) is 28.0 cm³/mol. The molecule has 0 N–H and O–H groups in total. The van der Waals surface area contributed by atoms with Crippen LogP contribution in [0.25, 0.3) is 0 Å². The normalized spacial score (nSPS) is 7.43. The molecule has 0 heterocycles. The number of hydrogen-bond acceptors (Lipinski definition) is 2. The Morgan fingerprint density at radius 1 is 1.43 bits per heavy atom. The van der Waals surface area contributed by atoms with Crippen LogP contribution in [-0.4, -0.2) is 19.8 Å². The van der Waals surface area contributed by atoms with Crippen LogP contribution in [0.5, 0.6) is 0 Å². The molecule has 0 aliphatic carbocycles. The summed E-state index contributed by atoms with van der Waals surface area (Å²) >= 11 is 0. The second-order valence-corrected chi connectivity index (χ2v) is 1.12. The van der Waals surface area contributed by atoms with Gasteiger partial charge in [0.25, 0.3) is 0 Å². The molecule has 7 heavy (non-hydrogen) atoms. The van der Waals surface area contributed by atoms with Gasteiger partial charge >= 0.3 is 0 Å². The maximum atomic E-state index is 9.54. The van der Waals surface area contributed by atoms with Crippen LogP contribution in [0.15, 0.2) is 0 Å². The van der Waals surface area contributed by atoms with Crippen LogP contribution in [0.4, 0.5) is 0 Å². The summed E-state index contributed by atoms with van der Waals surface area (Å²) in [6.45, 7) is 0. The van der Waals surface area contributed by atoms with Gasteiger partial charge in [-0.2, -0.15) is 0 Å². The zero-order valence-corrected chi connectivity index (χ0v) is 3.96. The predicted octanol–water partition coefficient (Wildman–Crippen LogP) is -0.112. The first-order valence-corrected chi connectivity index (χ1v) is 2.12. The molecule has 0 bridgehead atoms. The van der Waals surface area contributed by atoms with Gasteiger partial charge in [0.05, 0.1) is 6.19 Å². The SMILES string of the molecule is O=C[B]CCC=O. The third kappa shape index (κ3) is 5.40. The second kappa shape index (κ2) is 5.40. The Morgan fingerprint density at radius 3 is 2.57 bits per heavy atom. The summed E-state index contributed by atoms with van der Waals surface area (Å²) in [5, 5.41) is 0. The van der Waals surface area contributed by atoms with Gasteiger partial charge in [0.15, 0.2) is 7.28 Å². The molecule has 3 heteroatoms. The fraction of sp³-hybridized carbons (Fsp3) is 0.500. The van der Waals surface area contributed by atoms with Crippen molar-refractivity contribution in [1.29, 1.82) is 0 Å². The molecule has 1 radical (unpaired) electrons. The van der Waals surface area contributed by atoms with Crippen molar-refractivity contribution < 1.29 is 9.59 Å². The third-order valence-electron chi connectivity index (χ3n) is 0.547. The van der Waals surface area contributed by atoms with E-state index in [1.807, 2.05) is 0 Å². The first kappa shape index (κ1) is 6.40. The Labute approximate surface area is 43.1 Å². The topological polar surface area (TPSA) is 34.1 Å². The van der Waals surface area contributed by atoms with Crippen LogP contribution in [0.1, 0.15) is 6.42 Å². The van der Waals surface area contributed by atoms with E-state index >= 15 is 0 Å². The summed E-state index contributed by atoms with van der Waals surface area (Å²) in [5.74, 6) is 0. The molecule has 0 aromatic carbocycles. The van der Waals surface area contributed by atoms with Crippen molar-refractivity contribution in [2.75, 3.05) is 0 Å². The largest absolute Gasteiger partial charge is 0.316 e. The van der Waals surface area contributed by atoms with Crippen molar-refractivity contribution in [2.24, 2.45) is 0 Å². The number of aldehydes is 1. The maximum absolute atomic E-state index is 9.54. The van der Waals surface area contributed by atoms with E-state index in [1.54, 1.807) is 0 Å². The Balaban J connectivity index is 2.68. The molecule has 0 spiro atoms. The maximum Gasteiger partial charge on any atom is 0.198 e. The molecular formula is C4H6BO2. The highest BCUT2D eigenvalue weighted by molar-refractivity contribution is 6.66. The van der Waals surface area contributed by atoms with Gasteiger partial charge in [-0.1, -0.05) is 6.32 Å². The highest BCUT2D eigenvalue weighted by Crippen LogP contribution is 1.78. The van der Waals surface area contributed by atoms with E-state index in [9.17, 15) is 9.59 Å². The minimum absolute atomic E-state index is 0.457. The summed E-state index contributed by atoms with van der Waals surface area (Å²) in [6, 6.07) is 0. The molecule has 0 fully saturated rings. The van der Waals surface area contributed by atoms with Gasteiger partial charge in [-0.25, -0.2) is 0 Å². The molecule has 0 aliphatic rings. The Hall–Kier alpha value is -0.595.